The second kappa shape index (κ2) is 6.99. The van der Waals surface area contributed by atoms with Crippen LogP contribution >= 0.6 is 11.6 Å². The molecule has 0 fully saturated rings. The van der Waals surface area contributed by atoms with Crippen LogP contribution in [0.15, 0.2) is 18.2 Å². The smallest absolute Gasteiger partial charge is 0.137 e. The van der Waals surface area contributed by atoms with Gasteiger partial charge in [-0.05, 0) is 24.6 Å². The minimum absolute atomic E-state index is 0.224. The molecule has 0 heterocycles. The van der Waals surface area contributed by atoms with Crippen molar-refractivity contribution < 1.29 is 8.95 Å². The summed E-state index contributed by atoms with van der Waals surface area (Å²) in [4.78, 5) is 0. The minimum atomic E-state index is -0.772. The largest absolute Gasteiger partial charge is 0.495 e. The van der Waals surface area contributed by atoms with Gasteiger partial charge in [-0.25, -0.2) is 0 Å². The molecule has 17 heavy (non-hydrogen) atoms. The Morgan fingerprint density at radius 1 is 1.53 bits per heavy atom. The Hall–Kier alpha value is -0.580. The second-order valence-corrected chi connectivity index (χ2v) is 5.88. The molecule has 1 aromatic rings. The van der Waals surface area contributed by atoms with Gasteiger partial charge in [0.1, 0.15) is 5.75 Å². The Bertz CT molecular complexity index is 398. The molecule has 0 aliphatic rings. The van der Waals surface area contributed by atoms with Gasteiger partial charge in [0, 0.05) is 35.4 Å². The van der Waals surface area contributed by atoms with Crippen LogP contribution in [0.2, 0.25) is 5.02 Å². The van der Waals surface area contributed by atoms with Crippen LogP contribution in [0.3, 0.4) is 0 Å². The highest BCUT2D eigenvalue weighted by atomic mass is 35.5. The lowest BCUT2D eigenvalue weighted by Crippen LogP contribution is -2.30. The zero-order valence-electron chi connectivity index (χ0n) is 10.3. The van der Waals surface area contributed by atoms with E-state index in [-0.39, 0.29) is 6.04 Å². The summed E-state index contributed by atoms with van der Waals surface area (Å²) in [6, 6.07) is 5.92. The highest BCUT2D eigenvalue weighted by molar-refractivity contribution is 7.84. The van der Waals surface area contributed by atoms with Gasteiger partial charge in [-0.2, -0.15) is 0 Å². The first kappa shape index (κ1) is 14.5. The van der Waals surface area contributed by atoms with Crippen LogP contribution in [-0.2, 0) is 17.3 Å². The van der Waals surface area contributed by atoms with Crippen LogP contribution in [0.4, 0.5) is 0 Å². The molecular weight excluding hydrogens is 258 g/mol. The minimum Gasteiger partial charge on any atom is -0.495 e. The number of rotatable bonds is 6. The lowest BCUT2D eigenvalue weighted by Gasteiger charge is -2.13. The summed E-state index contributed by atoms with van der Waals surface area (Å²) in [6.07, 6.45) is 1.71. The molecule has 0 saturated heterocycles. The molecule has 0 radical (unpaired) electrons. The Morgan fingerprint density at radius 3 is 2.76 bits per heavy atom. The van der Waals surface area contributed by atoms with Crippen molar-refractivity contribution in [3.63, 3.8) is 0 Å². The van der Waals surface area contributed by atoms with Crippen molar-refractivity contribution in [2.45, 2.75) is 19.5 Å². The van der Waals surface area contributed by atoms with Crippen molar-refractivity contribution >= 4 is 22.4 Å². The molecule has 0 aromatic heterocycles. The number of nitrogens with one attached hydrogen (secondary N) is 1. The van der Waals surface area contributed by atoms with Gasteiger partial charge in [0.15, 0.2) is 0 Å². The van der Waals surface area contributed by atoms with Gasteiger partial charge in [-0.1, -0.05) is 17.7 Å². The predicted molar refractivity (Wildman–Crippen MR) is 73.2 cm³/mol. The molecule has 0 spiro atoms. The molecule has 0 saturated carbocycles. The van der Waals surface area contributed by atoms with Gasteiger partial charge in [-0.3, -0.25) is 4.21 Å². The van der Waals surface area contributed by atoms with Crippen molar-refractivity contribution in [3.05, 3.63) is 28.8 Å². The zero-order chi connectivity index (χ0) is 12.8. The van der Waals surface area contributed by atoms with E-state index in [9.17, 15) is 4.21 Å². The van der Waals surface area contributed by atoms with Crippen molar-refractivity contribution in [3.8, 4) is 5.75 Å². The molecule has 1 N–H and O–H groups in total. The summed E-state index contributed by atoms with van der Waals surface area (Å²) < 4.78 is 16.1. The summed E-state index contributed by atoms with van der Waals surface area (Å²) in [6.45, 7) is 2.73. The maximum Gasteiger partial charge on any atom is 0.137 e. The van der Waals surface area contributed by atoms with Crippen LogP contribution in [0.1, 0.15) is 12.5 Å². The summed E-state index contributed by atoms with van der Waals surface area (Å²) in [5.74, 6) is 1.34. The summed E-state index contributed by atoms with van der Waals surface area (Å²) in [7, 11) is 0.823. The van der Waals surface area contributed by atoms with E-state index in [1.54, 1.807) is 13.4 Å². The quantitative estimate of drug-likeness (QED) is 0.865. The molecule has 2 atom stereocenters. The molecule has 2 unspecified atom stereocenters. The Labute approximate surface area is 110 Å². The first-order chi connectivity index (χ1) is 8.02. The van der Waals surface area contributed by atoms with E-state index in [1.165, 1.54) is 0 Å². The third kappa shape index (κ3) is 5.06. The van der Waals surface area contributed by atoms with Crippen molar-refractivity contribution in [1.82, 2.24) is 5.32 Å². The average molecular weight is 276 g/mol. The number of methoxy groups -OCH3 is 1. The van der Waals surface area contributed by atoms with E-state index in [4.69, 9.17) is 16.3 Å². The maximum atomic E-state index is 11.0. The fourth-order valence-electron chi connectivity index (χ4n) is 1.52. The van der Waals surface area contributed by atoms with E-state index in [1.807, 2.05) is 25.1 Å². The lowest BCUT2D eigenvalue weighted by molar-refractivity contribution is 0.415. The van der Waals surface area contributed by atoms with Crippen LogP contribution in [0.25, 0.3) is 0 Å². The first-order valence-electron chi connectivity index (χ1n) is 5.38. The van der Waals surface area contributed by atoms with E-state index >= 15 is 0 Å². The monoisotopic (exact) mass is 275 g/mol. The van der Waals surface area contributed by atoms with Gasteiger partial charge in [0.25, 0.3) is 0 Å². The molecule has 1 aromatic carbocycles. The Balaban J connectivity index is 2.52. The molecule has 0 amide bonds. The number of hydrogen-bond donors (Lipinski definition) is 1. The van der Waals surface area contributed by atoms with Gasteiger partial charge in [-0.15, -0.1) is 0 Å². The fraction of sp³-hybridized carbons (Fsp3) is 0.500. The van der Waals surface area contributed by atoms with Crippen LogP contribution in [-0.4, -0.2) is 29.4 Å². The standard InChI is InChI=1S/C12H18ClNO2S/c1-9(8-17(3)15)14-7-10-4-5-12(16-2)11(13)6-10/h4-6,9,14H,7-8H2,1-3H3. The molecule has 1 rings (SSSR count). The second-order valence-electron chi connectivity index (χ2n) is 3.99. The van der Waals surface area contributed by atoms with Crippen LogP contribution in [0.5, 0.6) is 5.75 Å². The maximum absolute atomic E-state index is 11.0. The summed E-state index contributed by atoms with van der Waals surface area (Å²) in [5.41, 5.74) is 1.09. The third-order valence-corrected chi connectivity index (χ3v) is 3.62. The summed E-state index contributed by atoms with van der Waals surface area (Å²) in [5, 5.41) is 3.91. The van der Waals surface area contributed by atoms with E-state index in [0.29, 0.717) is 23.1 Å². The molecule has 0 bridgehead atoms. The lowest BCUT2D eigenvalue weighted by atomic mass is 10.2. The number of benzene rings is 1. The van der Waals surface area contributed by atoms with Crippen molar-refractivity contribution in [2.75, 3.05) is 19.1 Å². The fourth-order valence-corrected chi connectivity index (χ4v) is 2.63. The van der Waals surface area contributed by atoms with E-state index < -0.39 is 10.8 Å². The topological polar surface area (TPSA) is 38.3 Å². The molecule has 96 valence electrons. The van der Waals surface area contributed by atoms with Gasteiger partial charge in [0.2, 0.25) is 0 Å². The SMILES string of the molecule is COc1ccc(CNC(C)CS(C)=O)cc1Cl. The molecule has 0 aliphatic heterocycles. The zero-order valence-corrected chi connectivity index (χ0v) is 11.9. The van der Waals surface area contributed by atoms with Crippen molar-refractivity contribution in [2.24, 2.45) is 0 Å². The van der Waals surface area contributed by atoms with Crippen LogP contribution in [0, 0.1) is 0 Å². The highest BCUT2D eigenvalue weighted by Crippen LogP contribution is 2.24. The normalized spacial score (nSPS) is 14.4. The molecule has 0 aliphatic carbocycles. The number of ether oxygens (including phenoxy) is 1. The van der Waals surface area contributed by atoms with Crippen LogP contribution < -0.4 is 10.1 Å². The number of halogens is 1. The molecular formula is C12H18ClNO2S. The Morgan fingerprint density at radius 2 is 2.24 bits per heavy atom. The Kier molecular flexibility index (Phi) is 5.95. The molecule has 3 nitrogen and oxygen atoms in total. The number of hydrogen-bond acceptors (Lipinski definition) is 3. The van der Waals surface area contributed by atoms with Gasteiger partial charge < -0.3 is 10.1 Å². The van der Waals surface area contributed by atoms with Gasteiger partial charge >= 0.3 is 0 Å². The van der Waals surface area contributed by atoms with E-state index in [2.05, 4.69) is 5.32 Å². The van der Waals surface area contributed by atoms with Crippen molar-refractivity contribution in [1.29, 1.82) is 0 Å². The predicted octanol–water partition coefficient (Wildman–Crippen LogP) is 2.21. The van der Waals surface area contributed by atoms with Gasteiger partial charge in [0.05, 0.1) is 12.1 Å². The summed E-state index contributed by atoms with van der Waals surface area (Å²) >= 11 is 6.03. The average Bonchev–Trinajstić information content (AvgIpc) is 2.25. The van der Waals surface area contributed by atoms with E-state index in [0.717, 1.165) is 5.56 Å². The highest BCUT2D eigenvalue weighted by Gasteiger charge is 2.05. The third-order valence-electron chi connectivity index (χ3n) is 2.36. The first-order valence-corrected chi connectivity index (χ1v) is 7.49. The molecule has 5 heteroatoms.